The number of aromatic hydroxyl groups is 1. The molecule has 0 fully saturated rings. The first-order valence-corrected chi connectivity index (χ1v) is 11.4. The number of nitrogens with one attached hydrogen (secondary N) is 2. The van der Waals surface area contributed by atoms with Crippen LogP contribution in [0.25, 0.3) is 17.4 Å². The Balaban J connectivity index is 1.65. The molecule has 0 aliphatic carbocycles. The van der Waals surface area contributed by atoms with Crippen LogP contribution in [0.3, 0.4) is 0 Å². The minimum atomic E-state index is -0.478. The van der Waals surface area contributed by atoms with E-state index in [-0.39, 0.29) is 21.3 Å². The summed E-state index contributed by atoms with van der Waals surface area (Å²) in [7, 11) is 0. The van der Waals surface area contributed by atoms with Gasteiger partial charge in [0.05, 0.1) is 10.7 Å². The maximum atomic E-state index is 12.3. The predicted molar refractivity (Wildman–Crippen MR) is 139 cm³/mol. The van der Waals surface area contributed by atoms with Crippen molar-refractivity contribution in [1.82, 2.24) is 5.32 Å². The van der Waals surface area contributed by atoms with Gasteiger partial charge >= 0.3 is 0 Å². The van der Waals surface area contributed by atoms with E-state index in [1.807, 2.05) is 20.8 Å². The fraction of sp³-hybridized carbons (Fsp3) is 0.167. The average molecular weight is 524 g/mol. The number of hydrogen-bond acceptors (Lipinski definition) is 4. The van der Waals surface area contributed by atoms with Crippen molar-refractivity contribution in [3.8, 4) is 17.1 Å². The molecule has 0 radical (unpaired) electrons. The summed E-state index contributed by atoms with van der Waals surface area (Å²) in [4.78, 5) is 12.3. The van der Waals surface area contributed by atoms with Crippen molar-refractivity contribution in [2.45, 2.75) is 26.2 Å². The van der Waals surface area contributed by atoms with Gasteiger partial charge in [-0.2, -0.15) is 0 Å². The number of rotatable bonds is 4. The molecule has 2 aromatic carbocycles. The third-order valence-corrected chi connectivity index (χ3v) is 5.52. The van der Waals surface area contributed by atoms with Gasteiger partial charge in [-0.1, -0.05) is 55.6 Å². The molecular formula is C24H21Cl3N2O3S. The third kappa shape index (κ3) is 6.74. The Morgan fingerprint density at radius 2 is 1.73 bits per heavy atom. The first kappa shape index (κ1) is 25.1. The maximum absolute atomic E-state index is 12.3. The largest absolute Gasteiger partial charge is 0.504 e. The lowest BCUT2D eigenvalue weighted by molar-refractivity contribution is -0.115. The molecular weight excluding hydrogens is 503 g/mol. The van der Waals surface area contributed by atoms with Crippen molar-refractivity contribution in [2.75, 3.05) is 5.32 Å². The smallest absolute Gasteiger partial charge is 0.250 e. The molecule has 3 aromatic rings. The number of halogens is 3. The highest BCUT2D eigenvalue weighted by molar-refractivity contribution is 7.80. The summed E-state index contributed by atoms with van der Waals surface area (Å²) < 4.78 is 5.72. The van der Waals surface area contributed by atoms with Crippen molar-refractivity contribution >= 4 is 69.8 Å². The Hall–Kier alpha value is -2.51. The molecule has 0 bridgehead atoms. The first-order chi connectivity index (χ1) is 15.4. The number of hydrogen-bond donors (Lipinski definition) is 3. The van der Waals surface area contributed by atoms with Crippen LogP contribution in [0.15, 0.2) is 53.0 Å². The van der Waals surface area contributed by atoms with E-state index in [0.29, 0.717) is 27.3 Å². The number of benzene rings is 2. The van der Waals surface area contributed by atoms with Crippen LogP contribution in [0.2, 0.25) is 15.1 Å². The summed E-state index contributed by atoms with van der Waals surface area (Å²) in [6.45, 7) is 6.06. The Morgan fingerprint density at radius 1 is 1.06 bits per heavy atom. The third-order valence-electron chi connectivity index (χ3n) is 4.59. The minimum absolute atomic E-state index is 0.00998. The molecule has 9 heteroatoms. The standard InChI is InChI=1S/C24H21Cl3N2O3S/c1-24(2,3)14-10-18(27)22(31)19(11-14)28-23(33)29-21(30)7-5-17-4-6-20(32-17)13-8-15(25)12-16(26)9-13/h4-12,31H,1-3H3,(H2,28,29,30,33)/b7-5+. The zero-order valence-corrected chi connectivity index (χ0v) is 21.1. The molecule has 172 valence electrons. The highest BCUT2D eigenvalue weighted by Gasteiger charge is 2.19. The molecule has 1 aromatic heterocycles. The molecule has 0 aliphatic rings. The summed E-state index contributed by atoms with van der Waals surface area (Å²) >= 11 is 23.4. The number of phenolic OH excluding ortho intramolecular Hbond substituents is 1. The number of phenols is 1. The van der Waals surface area contributed by atoms with E-state index in [1.54, 1.807) is 42.5 Å². The second-order valence-corrected chi connectivity index (χ2v) is 9.93. The lowest BCUT2D eigenvalue weighted by atomic mass is 9.87. The fourth-order valence-corrected chi connectivity index (χ4v) is 3.84. The van der Waals surface area contributed by atoms with Gasteiger partial charge in [0.25, 0.3) is 0 Å². The van der Waals surface area contributed by atoms with Crippen LogP contribution in [-0.4, -0.2) is 16.1 Å². The lowest BCUT2D eigenvalue weighted by Gasteiger charge is -2.21. The molecule has 0 saturated heterocycles. The number of thiocarbonyl (C=S) groups is 1. The summed E-state index contributed by atoms with van der Waals surface area (Å²) in [5, 5.41) is 16.8. The van der Waals surface area contributed by atoms with Crippen LogP contribution in [0, 0.1) is 0 Å². The zero-order valence-electron chi connectivity index (χ0n) is 18.0. The molecule has 3 rings (SSSR count). The average Bonchev–Trinajstić information content (AvgIpc) is 3.17. The molecule has 0 saturated carbocycles. The predicted octanol–water partition coefficient (Wildman–Crippen LogP) is 7.44. The zero-order chi connectivity index (χ0) is 24.3. The molecule has 1 amide bonds. The van der Waals surface area contributed by atoms with E-state index in [0.717, 1.165) is 11.1 Å². The first-order valence-electron chi connectivity index (χ1n) is 9.82. The van der Waals surface area contributed by atoms with Crippen molar-refractivity contribution in [2.24, 2.45) is 0 Å². The van der Waals surface area contributed by atoms with E-state index < -0.39 is 5.91 Å². The summed E-state index contributed by atoms with van der Waals surface area (Å²) in [5.74, 6) is 0.384. The SMILES string of the molecule is CC(C)(C)c1cc(Cl)c(O)c(NC(=S)NC(=O)/C=C/c2ccc(-c3cc(Cl)cc(Cl)c3)o2)c1. The molecule has 33 heavy (non-hydrogen) atoms. The molecule has 0 atom stereocenters. The Kier molecular flexibility index (Phi) is 7.75. The van der Waals surface area contributed by atoms with Gasteiger partial charge in [0.1, 0.15) is 11.5 Å². The molecule has 5 nitrogen and oxygen atoms in total. The fourth-order valence-electron chi connectivity index (χ4n) is 2.89. The van der Waals surface area contributed by atoms with Crippen LogP contribution < -0.4 is 10.6 Å². The van der Waals surface area contributed by atoms with Crippen LogP contribution in [0.5, 0.6) is 5.75 Å². The number of furan rings is 1. The van der Waals surface area contributed by atoms with Gasteiger partial charge in [-0.25, -0.2) is 0 Å². The van der Waals surface area contributed by atoms with Gasteiger partial charge in [-0.15, -0.1) is 0 Å². The van der Waals surface area contributed by atoms with Crippen LogP contribution in [0.4, 0.5) is 5.69 Å². The van der Waals surface area contributed by atoms with Crippen molar-refractivity contribution in [3.63, 3.8) is 0 Å². The van der Waals surface area contributed by atoms with Crippen molar-refractivity contribution in [1.29, 1.82) is 0 Å². The number of carbonyl (C=O) groups is 1. The minimum Gasteiger partial charge on any atom is -0.504 e. The second-order valence-electron chi connectivity index (χ2n) is 8.24. The van der Waals surface area contributed by atoms with E-state index in [2.05, 4.69) is 10.6 Å². The van der Waals surface area contributed by atoms with Crippen molar-refractivity contribution < 1.29 is 14.3 Å². The van der Waals surface area contributed by atoms with Gasteiger partial charge in [-0.05, 0) is 71.7 Å². The summed E-state index contributed by atoms with van der Waals surface area (Å²) in [6.07, 6.45) is 2.78. The topological polar surface area (TPSA) is 74.5 Å². The van der Waals surface area contributed by atoms with E-state index in [1.165, 1.54) is 12.2 Å². The summed E-state index contributed by atoms with van der Waals surface area (Å²) in [5.41, 5.74) is 1.73. The van der Waals surface area contributed by atoms with Gasteiger partial charge in [0.2, 0.25) is 5.91 Å². The van der Waals surface area contributed by atoms with Crippen LogP contribution in [-0.2, 0) is 10.2 Å². The van der Waals surface area contributed by atoms with E-state index in [9.17, 15) is 9.90 Å². The molecule has 0 unspecified atom stereocenters. The molecule has 0 spiro atoms. The normalized spacial score (nSPS) is 11.6. The quantitative estimate of drug-likeness (QED) is 0.188. The van der Waals surface area contributed by atoms with Gasteiger partial charge in [0.15, 0.2) is 10.9 Å². The Labute approximate surface area is 212 Å². The summed E-state index contributed by atoms with van der Waals surface area (Å²) in [6, 6.07) is 12.0. The molecule has 0 aliphatic heterocycles. The van der Waals surface area contributed by atoms with Gasteiger partial charge in [-0.3, -0.25) is 10.1 Å². The number of amides is 1. The van der Waals surface area contributed by atoms with Crippen LogP contribution >= 0.6 is 47.0 Å². The maximum Gasteiger partial charge on any atom is 0.250 e. The second kappa shape index (κ2) is 10.2. The Bertz CT molecular complexity index is 1230. The monoisotopic (exact) mass is 522 g/mol. The van der Waals surface area contributed by atoms with Crippen LogP contribution in [0.1, 0.15) is 32.1 Å². The number of carbonyl (C=O) groups excluding carboxylic acids is 1. The molecule has 1 heterocycles. The van der Waals surface area contributed by atoms with Gasteiger partial charge < -0.3 is 14.8 Å². The van der Waals surface area contributed by atoms with E-state index >= 15 is 0 Å². The van der Waals surface area contributed by atoms with E-state index in [4.69, 9.17) is 51.4 Å². The number of anilines is 1. The highest BCUT2D eigenvalue weighted by atomic mass is 35.5. The van der Waals surface area contributed by atoms with Gasteiger partial charge in [0, 0.05) is 21.7 Å². The molecule has 3 N–H and O–H groups in total. The van der Waals surface area contributed by atoms with Crippen molar-refractivity contribution in [3.05, 3.63) is 74.9 Å². The Morgan fingerprint density at radius 3 is 2.36 bits per heavy atom. The lowest BCUT2D eigenvalue weighted by Crippen LogP contribution is -2.33. The highest BCUT2D eigenvalue weighted by Crippen LogP contribution is 2.37.